The molecule has 1 heterocycles. The molecule has 0 saturated carbocycles. The van der Waals surface area contributed by atoms with Gasteiger partial charge in [0.25, 0.3) is 5.67 Å². The van der Waals surface area contributed by atoms with Crippen LogP contribution in [-0.4, -0.2) is 38.8 Å². The van der Waals surface area contributed by atoms with Gasteiger partial charge >= 0.3 is 18.0 Å². The van der Waals surface area contributed by atoms with Gasteiger partial charge in [0.05, 0.1) is 27.9 Å². The molecule has 4 rings (SSSR count). The van der Waals surface area contributed by atoms with Crippen LogP contribution in [0.25, 0.3) is 16.9 Å². The Morgan fingerprint density at radius 3 is 2.07 bits per heavy atom. The molecule has 0 bridgehead atoms. The van der Waals surface area contributed by atoms with Gasteiger partial charge in [-0.05, 0) is 35.9 Å². The third-order valence-electron chi connectivity index (χ3n) is 6.44. The van der Waals surface area contributed by atoms with E-state index in [1.54, 1.807) is 24.3 Å². The van der Waals surface area contributed by atoms with Gasteiger partial charge in [-0.3, -0.25) is 4.79 Å². The molecule has 0 saturated heterocycles. The Balaban J connectivity index is 1.66. The lowest BCUT2D eigenvalue weighted by Crippen LogP contribution is -2.60. The molecule has 15 heteroatoms. The number of carbonyl (C=O) groups is 1. The number of halogens is 10. The highest BCUT2D eigenvalue weighted by molar-refractivity contribution is 6.37. The monoisotopic (exact) mass is 646 g/mol. The van der Waals surface area contributed by atoms with E-state index in [1.807, 2.05) is 6.07 Å². The molecule has 0 spiro atoms. The average Bonchev–Trinajstić information content (AvgIpc) is 3.40. The second kappa shape index (κ2) is 11.2. The Morgan fingerprint density at radius 1 is 0.930 bits per heavy atom. The predicted octanol–water partition coefficient (Wildman–Crippen LogP) is 8.56. The summed E-state index contributed by atoms with van der Waals surface area (Å²) < 4.78 is 112. The van der Waals surface area contributed by atoms with Gasteiger partial charge in [-0.2, -0.15) is 27.2 Å². The first-order chi connectivity index (χ1) is 19.9. The number of benzene rings is 3. The number of nitrogens with zero attached hydrogens (tertiary/aromatic N) is 4. The predicted molar refractivity (Wildman–Crippen MR) is 140 cm³/mol. The van der Waals surface area contributed by atoms with Crippen LogP contribution in [0.4, 0.5) is 35.1 Å². The van der Waals surface area contributed by atoms with Crippen LogP contribution in [-0.2, 0) is 12.1 Å². The second-order valence-electron chi connectivity index (χ2n) is 9.45. The molecule has 1 unspecified atom stereocenters. The Labute approximate surface area is 248 Å². The molecule has 3 aromatic carbocycles. The fraction of sp³-hybridized carbons (Fsp3) is 0.214. The molecule has 0 N–H and O–H groups in total. The number of hydrogen-bond donors (Lipinski definition) is 0. The van der Waals surface area contributed by atoms with E-state index in [4.69, 9.17) is 28.5 Å². The van der Waals surface area contributed by atoms with Crippen molar-refractivity contribution < 1.29 is 39.9 Å². The van der Waals surface area contributed by atoms with Crippen LogP contribution in [0, 0.1) is 11.3 Å². The molecule has 224 valence electrons. The minimum atomic E-state index is -6.49. The quantitative estimate of drug-likeness (QED) is 0.142. The van der Waals surface area contributed by atoms with Crippen LogP contribution >= 0.6 is 23.2 Å². The molecule has 1 aromatic heterocycles. The first kappa shape index (κ1) is 31.9. The highest BCUT2D eigenvalue weighted by Gasteiger charge is 2.79. The van der Waals surface area contributed by atoms with Crippen LogP contribution in [0.2, 0.25) is 10.0 Å². The van der Waals surface area contributed by atoms with Gasteiger partial charge in [0.15, 0.2) is 5.78 Å². The van der Waals surface area contributed by atoms with Gasteiger partial charge in [0.2, 0.25) is 0 Å². The zero-order valence-electron chi connectivity index (χ0n) is 21.5. The van der Waals surface area contributed by atoms with Crippen molar-refractivity contribution in [2.24, 2.45) is 0 Å². The van der Waals surface area contributed by atoms with Crippen molar-refractivity contribution in [2.75, 3.05) is 0 Å². The molecule has 4 aromatic rings. The van der Waals surface area contributed by atoms with E-state index in [0.717, 1.165) is 4.68 Å². The Morgan fingerprint density at radius 2 is 1.53 bits per heavy atom. The molecule has 1 atom stereocenters. The fourth-order valence-corrected chi connectivity index (χ4v) is 4.83. The van der Waals surface area contributed by atoms with Crippen molar-refractivity contribution in [3.05, 3.63) is 99.2 Å². The maximum absolute atomic E-state index is 15.2. The normalized spacial score (nSPS) is 13.8. The lowest BCUT2D eigenvalue weighted by atomic mass is 9.85. The topological polar surface area (TPSA) is 71.6 Å². The lowest BCUT2D eigenvalue weighted by molar-refractivity contribution is -0.356. The maximum Gasteiger partial charge on any atom is 0.433 e. The Hall–Kier alpha value is -4.02. The number of rotatable bonds is 8. The first-order valence-electron chi connectivity index (χ1n) is 12.0. The summed E-state index contributed by atoms with van der Waals surface area (Å²) in [5.41, 5.74) is -6.25. The van der Waals surface area contributed by atoms with Crippen molar-refractivity contribution in [2.45, 2.75) is 37.0 Å². The fourth-order valence-electron chi connectivity index (χ4n) is 4.17. The third kappa shape index (κ3) is 5.81. The van der Waals surface area contributed by atoms with E-state index in [2.05, 4.69) is 10.3 Å². The van der Waals surface area contributed by atoms with Crippen molar-refractivity contribution in [1.29, 1.82) is 5.26 Å². The van der Waals surface area contributed by atoms with Crippen LogP contribution in [0.1, 0.15) is 34.0 Å². The van der Waals surface area contributed by atoms with Crippen molar-refractivity contribution in [1.82, 2.24) is 15.0 Å². The van der Waals surface area contributed by atoms with Gasteiger partial charge in [-0.1, -0.05) is 58.7 Å². The zero-order valence-corrected chi connectivity index (χ0v) is 23.0. The summed E-state index contributed by atoms with van der Waals surface area (Å²) in [6, 6.07) is 14.7. The standard InChI is InChI=1S/C28H16Cl2F8N4O/c1-25(31,32)27(34,35)26(33,28(36,37)38)19-11-20(29)24(21(30)12-19)42-14-22(40-41-42)18-4-2-3-16(9-18)10-23(43)17-7-5-15(13-39)6-8-17/h2-9,11-12,14H,10H2,1H3. The summed E-state index contributed by atoms with van der Waals surface area (Å²) in [5, 5.41) is 15.0. The number of aromatic nitrogens is 3. The van der Waals surface area contributed by atoms with Crippen molar-refractivity contribution >= 4 is 29.0 Å². The average molecular weight is 647 g/mol. The molecular formula is C28H16Cl2F8N4O. The van der Waals surface area contributed by atoms with Gasteiger partial charge in [-0.15, -0.1) is 5.10 Å². The van der Waals surface area contributed by atoms with Gasteiger partial charge in [0.1, 0.15) is 11.4 Å². The van der Waals surface area contributed by atoms with Crippen molar-refractivity contribution in [3.63, 3.8) is 0 Å². The summed E-state index contributed by atoms with van der Waals surface area (Å²) in [6.07, 6.45) is -5.29. The van der Waals surface area contributed by atoms with Crippen molar-refractivity contribution in [3.8, 4) is 23.0 Å². The number of hydrogen-bond acceptors (Lipinski definition) is 4. The Bertz CT molecular complexity index is 1700. The van der Waals surface area contributed by atoms with Crippen LogP contribution < -0.4 is 0 Å². The lowest BCUT2D eigenvalue weighted by Gasteiger charge is -2.38. The maximum atomic E-state index is 15.2. The van der Waals surface area contributed by atoms with E-state index in [-0.39, 0.29) is 30.0 Å². The summed E-state index contributed by atoms with van der Waals surface area (Å²) >= 11 is 12.0. The minimum Gasteiger partial charge on any atom is -0.294 e. The number of alkyl halides is 8. The van der Waals surface area contributed by atoms with E-state index >= 15 is 4.39 Å². The first-order valence-corrected chi connectivity index (χ1v) is 12.7. The van der Waals surface area contributed by atoms with E-state index in [9.17, 15) is 35.5 Å². The largest absolute Gasteiger partial charge is 0.433 e. The van der Waals surface area contributed by atoms with Crippen LogP contribution in [0.5, 0.6) is 0 Å². The summed E-state index contributed by atoms with van der Waals surface area (Å²) in [4.78, 5) is 12.7. The minimum absolute atomic E-state index is 0.0153. The zero-order chi connectivity index (χ0) is 32.0. The highest BCUT2D eigenvalue weighted by Crippen LogP contribution is 2.58. The Kier molecular flexibility index (Phi) is 8.34. The summed E-state index contributed by atoms with van der Waals surface area (Å²) in [5.74, 6) is -11.9. The van der Waals surface area contributed by atoms with Gasteiger partial charge < -0.3 is 0 Å². The number of carbonyl (C=O) groups excluding carboxylic acids is 1. The van der Waals surface area contributed by atoms with E-state index in [1.165, 1.54) is 30.5 Å². The molecule has 5 nitrogen and oxygen atoms in total. The summed E-state index contributed by atoms with van der Waals surface area (Å²) in [7, 11) is 0. The molecule has 0 amide bonds. The molecule has 0 fully saturated rings. The molecular weight excluding hydrogens is 631 g/mol. The summed E-state index contributed by atoms with van der Waals surface area (Å²) in [6.45, 7) is -0.542. The number of Topliss-reactive ketones (excluding diaryl/α,β-unsaturated/α-hetero) is 1. The molecule has 0 radical (unpaired) electrons. The van der Waals surface area contributed by atoms with E-state index < -0.39 is 51.9 Å². The second-order valence-corrected chi connectivity index (χ2v) is 10.3. The molecule has 43 heavy (non-hydrogen) atoms. The van der Waals surface area contributed by atoms with E-state index in [0.29, 0.717) is 22.3 Å². The SMILES string of the molecule is CC(F)(F)C(F)(F)C(F)(c1cc(Cl)c(-n2cc(-c3cccc(CC(=O)c4ccc(C#N)cc4)c3)nn2)c(Cl)c1)C(F)(F)F. The van der Waals surface area contributed by atoms with Crippen LogP contribution in [0.3, 0.4) is 0 Å². The molecule has 0 aliphatic rings. The molecule has 0 aliphatic heterocycles. The van der Waals surface area contributed by atoms with Gasteiger partial charge in [0, 0.05) is 30.0 Å². The number of ketones is 1. The smallest absolute Gasteiger partial charge is 0.294 e. The highest BCUT2D eigenvalue weighted by atomic mass is 35.5. The number of nitriles is 1. The molecule has 0 aliphatic carbocycles. The van der Waals surface area contributed by atoms with Gasteiger partial charge in [-0.25, -0.2) is 17.9 Å². The third-order valence-corrected chi connectivity index (χ3v) is 7.01. The van der Waals surface area contributed by atoms with Crippen LogP contribution in [0.15, 0.2) is 66.9 Å².